The Kier molecular flexibility index (Phi) is 7.82. The summed E-state index contributed by atoms with van der Waals surface area (Å²) < 4.78 is 0. The van der Waals surface area contributed by atoms with Gasteiger partial charge in [-0.1, -0.05) is 6.07 Å². The predicted octanol–water partition coefficient (Wildman–Crippen LogP) is 2.63. The molecule has 2 amide bonds. The lowest BCUT2D eigenvalue weighted by Gasteiger charge is -2.31. The Labute approximate surface area is 201 Å². The van der Waals surface area contributed by atoms with Crippen molar-refractivity contribution < 1.29 is 9.59 Å². The molecule has 0 unspecified atom stereocenters. The molecule has 0 aliphatic carbocycles. The number of hydrogen-bond donors (Lipinski definition) is 2. The number of benzene rings is 1. The van der Waals surface area contributed by atoms with Crippen molar-refractivity contribution in [1.29, 1.82) is 0 Å². The van der Waals surface area contributed by atoms with Crippen LogP contribution in [0.5, 0.6) is 0 Å². The van der Waals surface area contributed by atoms with Crippen LogP contribution >= 0.6 is 0 Å². The first-order chi connectivity index (χ1) is 16.5. The molecule has 34 heavy (non-hydrogen) atoms. The van der Waals surface area contributed by atoms with Crippen LogP contribution in [0.4, 0.5) is 23.0 Å². The Hall–Kier alpha value is -3.36. The first kappa shape index (κ1) is 23.8. The van der Waals surface area contributed by atoms with Crippen LogP contribution in [0.15, 0.2) is 36.4 Å². The van der Waals surface area contributed by atoms with E-state index in [0.29, 0.717) is 18.8 Å². The Morgan fingerprint density at radius 2 is 1.94 bits per heavy atom. The molecule has 0 spiro atoms. The van der Waals surface area contributed by atoms with Gasteiger partial charge in [-0.05, 0) is 56.0 Å². The Morgan fingerprint density at radius 3 is 2.62 bits per heavy atom. The van der Waals surface area contributed by atoms with Crippen LogP contribution in [0.1, 0.15) is 32.1 Å². The number of piperidine rings is 1. The minimum atomic E-state index is 0.0301. The molecular weight excluding hydrogens is 430 g/mol. The molecule has 0 saturated carbocycles. The van der Waals surface area contributed by atoms with Gasteiger partial charge in [-0.2, -0.15) is 0 Å². The van der Waals surface area contributed by atoms with Crippen LogP contribution in [0.25, 0.3) is 0 Å². The number of anilines is 4. The molecule has 9 nitrogen and oxygen atoms in total. The van der Waals surface area contributed by atoms with E-state index in [1.54, 1.807) is 0 Å². The van der Waals surface area contributed by atoms with Crippen molar-refractivity contribution in [3.63, 3.8) is 0 Å². The third-order valence-corrected chi connectivity index (χ3v) is 6.55. The Balaban J connectivity index is 1.19. The molecule has 2 N–H and O–H groups in total. The number of rotatable bonds is 9. The van der Waals surface area contributed by atoms with Crippen LogP contribution in [-0.4, -0.2) is 73.7 Å². The third kappa shape index (κ3) is 6.15. The lowest BCUT2D eigenvalue weighted by Crippen LogP contribution is -2.41. The molecule has 2 fully saturated rings. The number of nitrogens with one attached hydrogen (secondary N) is 2. The predicted molar refractivity (Wildman–Crippen MR) is 134 cm³/mol. The molecule has 0 bridgehead atoms. The lowest BCUT2D eigenvalue weighted by molar-refractivity contribution is -0.127. The van der Waals surface area contributed by atoms with Crippen LogP contribution in [0.3, 0.4) is 0 Å². The molecular formula is C25H35N7O2. The summed E-state index contributed by atoms with van der Waals surface area (Å²) in [5.41, 5.74) is 2.08. The molecule has 3 heterocycles. The van der Waals surface area contributed by atoms with Crippen molar-refractivity contribution in [2.75, 3.05) is 61.9 Å². The summed E-state index contributed by atoms with van der Waals surface area (Å²) >= 11 is 0. The highest BCUT2D eigenvalue weighted by Gasteiger charge is 2.26. The SMILES string of the molecule is CN(C)c1cccc(Nc2ccc(N3CCC(C(=O)NCCCN4CCCC4=O)CC3)nn2)c1. The highest BCUT2D eigenvalue weighted by Crippen LogP contribution is 2.24. The largest absolute Gasteiger partial charge is 0.378 e. The molecule has 2 saturated heterocycles. The molecule has 2 aliphatic heterocycles. The van der Waals surface area contributed by atoms with Gasteiger partial charge in [0.25, 0.3) is 0 Å². The van der Waals surface area contributed by atoms with Gasteiger partial charge >= 0.3 is 0 Å². The van der Waals surface area contributed by atoms with Gasteiger partial charge in [0.05, 0.1) is 0 Å². The molecule has 9 heteroatoms. The minimum absolute atomic E-state index is 0.0301. The number of likely N-dealkylation sites (tertiary alicyclic amines) is 1. The monoisotopic (exact) mass is 465 g/mol. The summed E-state index contributed by atoms with van der Waals surface area (Å²) in [6, 6.07) is 12.1. The van der Waals surface area contributed by atoms with Crippen molar-refractivity contribution in [2.45, 2.75) is 32.1 Å². The van der Waals surface area contributed by atoms with Gasteiger partial charge in [0, 0.05) is 70.5 Å². The van der Waals surface area contributed by atoms with Crippen molar-refractivity contribution in [3.8, 4) is 0 Å². The zero-order chi connectivity index (χ0) is 23.9. The molecule has 2 aromatic rings. The van der Waals surface area contributed by atoms with E-state index in [1.165, 1.54) is 0 Å². The molecule has 182 valence electrons. The highest BCUT2D eigenvalue weighted by molar-refractivity contribution is 5.79. The number of aromatic nitrogens is 2. The van der Waals surface area contributed by atoms with E-state index in [0.717, 1.165) is 69.1 Å². The second-order valence-electron chi connectivity index (χ2n) is 9.24. The van der Waals surface area contributed by atoms with Crippen LogP contribution in [0, 0.1) is 5.92 Å². The van der Waals surface area contributed by atoms with Crippen LogP contribution in [0.2, 0.25) is 0 Å². The highest BCUT2D eigenvalue weighted by atomic mass is 16.2. The zero-order valence-corrected chi connectivity index (χ0v) is 20.2. The van der Waals surface area contributed by atoms with Crippen molar-refractivity contribution in [3.05, 3.63) is 36.4 Å². The van der Waals surface area contributed by atoms with Gasteiger partial charge in [-0.25, -0.2) is 0 Å². The normalized spacial score (nSPS) is 16.6. The summed E-state index contributed by atoms with van der Waals surface area (Å²) in [6.07, 6.45) is 4.04. The molecule has 1 aromatic heterocycles. The van der Waals surface area contributed by atoms with Gasteiger partial charge in [0.2, 0.25) is 11.8 Å². The van der Waals surface area contributed by atoms with Gasteiger partial charge in [-0.15, -0.1) is 10.2 Å². The van der Waals surface area contributed by atoms with E-state index < -0.39 is 0 Å². The number of carbonyl (C=O) groups is 2. The minimum Gasteiger partial charge on any atom is -0.378 e. The van der Waals surface area contributed by atoms with E-state index in [2.05, 4.69) is 42.8 Å². The maximum atomic E-state index is 12.5. The first-order valence-electron chi connectivity index (χ1n) is 12.2. The van der Waals surface area contributed by atoms with E-state index in [4.69, 9.17) is 0 Å². The second-order valence-corrected chi connectivity index (χ2v) is 9.24. The van der Waals surface area contributed by atoms with Gasteiger partial charge in [0.1, 0.15) is 0 Å². The van der Waals surface area contributed by atoms with Crippen molar-refractivity contribution in [2.24, 2.45) is 5.92 Å². The average Bonchev–Trinajstić information content (AvgIpc) is 3.27. The fourth-order valence-corrected chi connectivity index (χ4v) is 4.51. The summed E-state index contributed by atoms with van der Waals surface area (Å²) in [5.74, 6) is 1.93. The Morgan fingerprint density at radius 1 is 1.12 bits per heavy atom. The van der Waals surface area contributed by atoms with Gasteiger partial charge in [0.15, 0.2) is 11.6 Å². The summed E-state index contributed by atoms with van der Waals surface area (Å²) in [4.78, 5) is 30.3. The number of amides is 2. The smallest absolute Gasteiger partial charge is 0.223 e. The van der Waals surface area contributed by atoms with E-state index in [1.807, 2.05) is 43.3 Å². The third-order valence-electron chi connectivity index (χ3n) is 6.55. The molecule has 0 atom stereocenters. The van der Waals surface area contributed by atoms with Crippen molar-refractivity contribution >= 4 is 34.8 Å². The van der Waals surface area contributed by atoms with Gasteiger partial charge < -0.3 is 25.3 Å². The fourth-order valence-electron chi connectivity index (χ4n) is 4.51. The van der Waals surface area contributed by atoms with E-state index in [-0.39, 0.29) is 17.7 Å². The number of nitrogens with zero attached hydrogens (tertiary/aromatic N) is 5. The lowest BCUT2D eigenvalue weighted by atomic mass is 9.96. The average molecular weight is 466 g/mol. The quantitative estimate of drug-likeness (QED) is 0.550. The summed E-state index contributed by atoms with van der Waals surface area (Å²) in [7, 11) is 4.03. The maximum absolute atomic E-state index is 12.5. The zero-order valence-electron chi connectivity index (χ0n) is 20.2. The topological polar surface area (TPSA) is 93.7 Å². The number of hydrogen-bond acceptors (Lipinski definition) is 7. The van der Waals surface area contributed by atoms with E-state index >= 15 is 0 Å². The van der Waals surface area contributed by atoms with Crippen molar-refractivity contribution in [1.82, 2.24) is 20.4 Å². The summed E-state index contributed by atoms with van der Waals surface area (Å²) in [5, 5.41) is 15.1. The summed E-state index contributed by atoms with van der Waals surface area (Å²) in [6.45, 7) is 3.79. The standard InChI is InChI=1S/C25H35N7O2/c1-30(2)21-7-3-6-20(18-21)27-22-9-10-23(29-28-22)31-16-11-19(12-17-31)25(34)26-13-5-15-32-14-4-8-24(32)33/h3,6-7,9-10,18-19H,4-5,8,11-17H2,1-2H3,(H,26,34)(H,27,28). The molecule has 1 aromatic carbocycles. The van der Waals surface area contributed by atoms with E-state index in [9.17, 15) is 9.59 Å². The first-order valence-corrected chi connectivity index (χ1v) is 12.2. The molecule has 4 rings (SSSR count). The van der Waals surface area contributed by atoms with Crippen LogP contribution in [-0.2, 0) is 9.59 Å². The van der Waals surface area contributed by atoms with Crippen LogP contribution < -0.4 is 20.4 Å². The maximum Gasteiger partial charge on any atom is 0.223 e. The molecule has 2 aliphatic rings. The fraction of sp³-hybridized carbons (Fsp3) is 0.520. The Bertz CT molecular complexity index is 971. The van der Waals surface area contributed by atoms with Gasteiger partial charge in [-0.3, -0.25) is 9.59 Å². The second kappa shape index (κ2) is 11.2. The molecule has 0 radical (unpaired) electrons. The number of carbonyl (C=O) groups excluding carboxylic acids is 2.